The van der Waals surface area contributed by atoms with Crippen LogP contribution in [-0.4, -0.2) is 173 Å². The van der Waals surface area contributed by atoms with Crippen LogP contribution >= 0.6 is 11.3 Å². The van der Waals surface area contributed by atoms with Gasteiger partial charge in [0, 0.05) is 91.7 Å². The SMILES string of the molecule is Cc1ncsc1-c1ccc([C@H](CO)NC(=O)[C@@H]2C[C@@H](O)CN2C(=O)[C@H](C(C)C)n2cc(-c3ccc(COc4c(-c5c(C)c(F)cc6c5cnn6C5CCCCO5)c(C5CC5)cc5c(N(C)[C@H]6CCN(C(=O)OC(C)(C)C)C6)nc(OC[C@H]6CCN(C)C6)nc45)cc3)nn2)cc1. The highest BCUT2D eigenvalue weighted by Gasteiger charge is 2.44. The minimum absolute atomic E-state index is 0.0285. The number of anilines is 1. The summed E-state index contributed by atoms with van der Waals surface area (Å²) < 4.78 is 46.4. The number of thiazole rings is 1. The molecule has 5 aliphatic rings. The lowest BCUT2D eigenvalue weighted by Crippen LogP contribution is -2.50. The fourth-order valence-electron chi connectivity index (χ4n) is 14.1. The monoisotopic (exact) mass is 1320 g/mol. The average molecular weight is 1320 g/mol. The molecule has 1 unspecified atom stereocenters. The third-order valence-electron chi connectivity index (χ3n) is 19.4. The van der Waals surface area contributed by atoms with Gasteiger partial charge >= 0.3 is 12.1 Å². The number of carbonyl (C=O) groups excluding carboxylic acids is 3. The number of nitrogens with zero attached hydrogens (tertiary/aromatic N) is 12. The first-order chi connectivity index (χ1) is 45.7. The lowest BCUT2D eigenvalue weighted by molar-refractivity contribution is -0.142. The summed E-state index contributed by atoms with van der Waals surface area (Å²) in [6, 6.07) is 16.5. The van der Waals surface area contributed by atoms with Crippen molar-refractivity contribution in [2.24, 2.45) is 11.8 Å². The molecule has 8 heterocycles. The number of benzene rings is 4. The van der Waals surface area contributed by atoms with Gasteiger partial charge in [0.25, 0.3) is 0 Å². The van der Waals surface area contributed by atoms with E-state index in [1.807, 2.05) is 115 Å². The number of nitrogens with one attached hydrogen (secondary N) is 1. The minimum atomic E-state index is -1.000. The van der Waals surface area contributed by atoms with Crippen molar-refractivity contribution < 1.29 is 47.9 Å². The Kier molecular flexibility index (Phi) is 18.7. The quantitative estimate of drug-likeness (QED) is 0.0642. The van der Waals surface area contributed by atoms with E-state index in [-0.39, 0.29) is 74.1 Å². The fraction of sp³-hybridized carbons (Fsp3) is 0.507. The Morgan fingerprint density at radius 1 is 0.916 bits per heavy atom. The maximum absolute atomic E-state index is 17.0. The smallest absolute Gasteiger partial charge is 0.410 e. The summed E-state index contributed by atoms with van der Waals surface area (Å²) in [4.78, 5) is 65.9. The van der Waals surface area contributed by atoms with Gasteiger partial charge in [0.05, 0.1) is 59.4 Å². The van der Waals surface area contributed by atoms with Gasteiger partial charge < -0.3 is 54.1 Å². The zero-order valence-corrected chi connectivity index (χ0v) is 56.4. The second-order valence-corrected chi connectivity index (χ2v) is 28.7. The van der Waals surface area contributed by atoms with Crippen molar-refractivity contribution in [3.05, 3.63) is 112 Å². The van der Waals surface area contributed by atoms with Crippen LogP contribution in [0, 0.1) is 31.5 Å². The summed E-state index contributed by atoms with van der Waals surface area (Å²) in [6.45, 7) is 16.6. The number of aromatic nitrogens is 8. The van der Waals surface area contributed by atoms with Crippen LogP contribution in [0.4, 0.5) is 15.0 Å². The van der Waals surface area contributed by atoms with Crippen molar-refractivity contribution >= 4 is 56.9 Å². The molecule has 4 aromatic carbocycles. The summed E-state index contributed by atoms with van der Waals surface area (Å²) >= 11 is 1.54. The van der Waals surface area contributed by atoms with Gasteiger partial charge in [0.2, 0.25) is 11.8 Å². The Labute approximate surface area is 556 Å². The number of ether oxygens (including phenoxy) is 4. The van der Waals surface area contributed by atoms with E-state index in [1.165, 1.54) is 20.9 Å². The fourth-order valence-corrected chi connectivity index (χ4v) is 14.9. The Morgan fingerprint density at radius 3 is 2.38 bits per heavy atom. The van der Waals surface area contributed by atoms with Crippen LogP contribution < -0.4 is 19.7 Å². The van der Waals surface area contributed by atoms with Gasteiger partial charge in [0.1, 0.15) is 47.1 Å². The first-order valence-corrected chi connectivity index (χ1v) is 34.3. The molecule has 4 saturated heterocycles. The molecule has 7 atom stereocenters. The van der Waals surface area contributed by atoms with Gasteiger partial charge in [-0.05, 0) is 139 Å². The summed E-state index contributed by atoms with van der Waals surface area (Å²) in [5, 5.41) is 39.9. The number of amides is 3. The Balaban J connectivity index is 0.820. The van der Waals surface area contributed by atoms with Crippen LogP contribution in [0.1, 0.15) is 138 Å². The van der Waals surface area contributed by atoms with Crippen LogP contribution in [0.2, 0.25) is 0 Å². The van der Waals surface area contributed by atoms with E-state index in [1.54, 1.807) is 22.7 Å². The first kappa shape index (κ1) is 65.5. The number of likely N-dealkylation sites (N-methyl/N-ethyl adjacent to an activating group) is 1. The van der Waals surface area contributed by atoms with E-state index in [2.05, 4.69) is 43.5 Å². The second kappa shape index (κ2) is 27.2. The lowest BCUT2D eigenvalue weighted by Gasteiger charge is -2.30. The zero-order valence-electron chi connectivity index (χ0n) is 55.6. The molecule has 1 aliphatic carbocycles. The molecule has 4 aliphatic heterocycles. The molecule has 502 valence electrons. The third kappa shape index (κ3) is 13.7. The number of aliphatic hydroxyl groups excluding tert-OH is 2. The molecule has 22 nitrogen and oxygen atoms in total. The minimum Gasteiger partial charge on any atom is -0.486 e. The van der Waals surface area contributed by atoms with E-state index >= 15 is 4.39 Å². The molecule has 24 heteroatoms. The highest BCUT2D eigenvalue weighted by Crippen LogP contribution is 2.54. The molecule has 3 N–H and O–H groups in total. The standard InChI is InChI=1S/C71H86FN13O9S/c1-40(2)63(68(89)83-34-50(87)28-58(83)67(88)75-56(36-86)47-19-21-48(22-20-47)65-42(4)73-39-95-65)84-35-55(78-79-84)46-15-13-43(14-16-46)37-92-64-61(60-41(3)54(72)30-57-53(60)31-74-85(57)59-12-10-11-27-91-59)51(45-17-18-45)29-52-62(64)76-69(93-38-44-23-25-80(8)32-44)77-66(52)81(9)49-24-26-82(33-49)70(90)94-71(5,6)7/h13-16,19-22,29-31,35,39-40,44-45,49-50,56,58-59,63,86-87H,10-12,17-18,23-28,32-34,36-38H2,1-9H3,(H,75,88)/t44-,49-,50+,56-,58-,59?,63-/m0/s1. The van der Waals surface area contributed by atoms with Gasteiger partial charge in [-0.2, -0.15) is 15.1 Å². The molecular formula is C71H86FN13O9S. The van der Waals surface area contributed by atoms with Gasteiger partial charge in [-0.3, -0.25) is 9.59 Å². The Morgan fingerprint density at radius 2 is 1.69 bits per heavy atom. The molecular weight excluding hydrogens is 1230 g/mol. The molecule has 13 rings (SSSR count). The largest absolute Gasteiger partial charge is 0.486 e. The van der Waals surface area contributed by atoms with Crippen LogP contribution in [-0.2, 0) is 25.7 Å². The van der Waals surface area contributed by atoms with Crippen molar-refractivity contribution in [3.63, 3.8) is 0 Å². The average Bonchev–Trinajstić information content (AvgIpc) is 1.71. The van der Waals surface area contributed by atoms with Crippen LogP contribution in [0.15, 0.2) is 78.6 Å². The molecule has 5 fully saturated rings. The number of aryl methyl sites for hydroxylation is 1. The lowest BCUT2D eigenvalue weighted by atomic mass is 9.88. The third-order valence-corrected chi connectivity index (χ3v) is 20.3. The van der Waals surface area contributed by atoms with Crippen LogP contribution in [0.3, 0.4) is 0 Å². The maximum Gasteiger partial charge on any atom is 0.410 e. The molecule has 4 aromatic heterocycles. The maximum atomic E-state index is 17.0. The predicted molar refractivity (Wildman–Crippen MR) is 360 cm³/mol. The molecule has 0 spiro atoms. The van der Waals surface area contributed by atoms with E-state index in [0.29, 0.717) is 77.7 Å². The Hall–Kier alpha value is -8.16. The summed E-state index contributed by atoms with van der Waals surface area (Å²) in [7, 11) is 4.12. The normalized spacial score (nSPS) is 20.9. The zero-order chi connectivity index (χ0) is 66.6. The number of halogens is 1. The number of carbonyl (C=O) groups is 3. The number of aliphatic hydroxyl groups is 2. The second-order valence-electron chi connectivity index (χ2n) is 27.9. The molecule has 8 aromatic rings. The number of hydrogen-bond acceptors (Lipinski definition) is 18. The van der Waals surface area contributed by atoms with Crippen molar-refractivity contribution in [1.29, 1.82) is 0 Å². The van der Waals surface area contributed by atoms with Crippen LogP contribution in [0.25, 0.3) is 54.6 Å². The van der Waals surface area contributed by atoms with Gasteiger partial charge in [-0.1, -0.05) is 67.6 Å². The summed E-state index contributed by atoms with van der Waals surface area (Å²) in [6.07, 6.45) is 8.07. The van der Waals surface area contributed by atoms with E-state index in [4.69, 9.17) is 34.0 Å². The first-order valence-electron chi connectivity index (χ1n) is 33.4. The Bertz CT molecular complexity index is 4120. The molecule has 0 bridgehead atoms. The predicted octanol–water partition coefficient (Wildman–Crippen LogP) is 10.7. The van der Waals surface area contributed by atoms with Crippen molar-refractivity contribution in [1.82, 2.24) is 59.7 Å². The highest BCUT2D eigenvalue weighted by molar-refractivity contribution is 7.13. The number of likely N-dealkylation sites (tertiary alicyclic amines) is 3. The number of rotatable bonds is 20. The molecule has 3 amide bonds. The van der Waals surface area contributed by atoms with E-state index in [0.717, 1.165) is 101 Å². The number of fused-ring (bicyclic) bond motifs is 2. The van der Waals surface area contributed by atoms with Gasteiger partial charge in [0.15, 0.2) is 12.0 Å². The van der Waals surface area contributed by atoms with Crippen molar-refractivity contribution in [2.75, 3.05) is 71.5 Å². The van der Waals surface area contributed by atoms with Crippen molar-refractivity contribution in [3.8, 4) is 44.6 Å². The van der Waals surface area contributed by atoms with Crippen LogP contribution in [0.5, 0.6) is 11.8 Å². The number of β-amino-alcohol motifs (C(OH)–C–C–N with tert-alkyl or cyclic N) is 1. The van der Waals surface area contributed by atoms with Crippen molar-refractivity contribution in [2.45, 2.75) is 154 Å². The van der Waals surface area contributed by atoms with E-state index in [9.17, 15) is 24.6 Å². The van der Waals surface area contributed by atoms with Gasteiger partial charge in [-0.25, -0.2) is 23.5 Å². The van der Waals surface area contributed by atoms with Gasteiger partial charge in [-0.15, -0.1) is 16.4 Å². The summed E-state index contributed by atoms with van der Waals surface area (Å²) in [5.74, 6) is -0.0917. The summed E-state index contributed by atoms with van der Waals surface area (Å²) in [5.41, 5.74) is 9.72. The molecule has 0 radical (unpaired) electrons. The topological polar surface area (TPSA) is 241 Å². The molecule has 95 heavy (non-hydrogen) atoms. The van der Waals surface area contributed by atoms with E-state index < -0.39 is 41.6 Å². The molecule has 1 saturated carbocycles. The number of hydrogen-bond donors (Lipinski definition) is 3. The highest BCUT2D eigenvalue weighted by atomic mass is 32.1.